The van der Waals surface area contributed by atoms with Crippen LogP contribution in [0.5, 0.6) is 0 Å². The molecule has 0 saturated carbocycles. The number of rotatable bonds is 7. The zero-order valence-electron chi connectivity index (χ0n) is 33.6. The Bertz CT molecular complexity index is 3630. The van der Waals surface area contributed by atoms with Crippen LogP contribution in [0.1, 0.15) is 22.3 Å². The van der Waals surface area contributed by atoms with Gasteiger partial charge in [-0.2, -0.15) is 0 Å². The van der Waals surface area contributed by atoms with E-state index in [9.17, 15) is 0 Å². The van der Waals surface area contributed by atoms with Gasteiger partial charge in [0.05, 0.1) is 5.41 Å². The number of furan rings is 2. The van der Waals surface area contributed by atoms with E-state index in [1.165, 1.54) is 54.9 Å². The van der Waals surface area contributed by atoms with Crippen LogP contribution in [-0.2, 0) is 5.41 Å². The maximum atomic E-state index is 6.42. The van der Waals surface area contributed by atoms with E-state index in [4.69, 9.17) is 8.83 Å². The maximum absolute atomic E-state index is 6.42. The van der Waals surface area contributed by atoms with E-state index in [0.717, 1.165) is 61.3 Å². The van der Waals surface area contributed by atoms with Crippen LogP contribution in [0.25, 0.3) is 76.9 Å². The minimum atomic E-state index is -0.498. The number of anilines is 3. The van der Waals surface area contributed by atoms with E-state index in [2.05, 4.69) is 217 Å². The number of benzene rings is 10. The topological polar surface area (TPSA) is 29.5 Å². The van der Waals surface area contributed by atoms with Crippen LogP contribution >= 0.6 is 0 Å². The zero-order valence-corrected chi connectivity index (χ0v) is 33.6. The smallest absolute Gasteiger partial charge is 0.137 e. The largest absolute Gasteiger partial charge is 0.456 e. The van der Waals surface area contributed by atoms with Crippen molar-refractivity contribution in [3.05, 3.63) is 247 Å². The molecule has 0 spiro atoms. The number of para-hydroxylation sites is 1. The van der Waals surface area contributed by atoms with Gasteiger partial charge in [-0.25, -0.2) is 0 Å². The Morgan fingerprint density at radius 2 is 0.871 bits per heavy atom. The summed E-state index contributed by atoms with van der Waals surface area (Å²) in [4.78, 5) is 2.33. The molecule has 0 unspecified atom stereocenters. The first kappa shape index (κ1) is 34.7. The summed E-state index contributed by atoms with van der Waals surface area (Å²) in [5.41, 5.74) is 16.0. The molecule has 0 amide bonds. The summed E-state index contributed by atoms with van der Waals surface area (Å²) in [5, 5.41) is 7.14. The third-order valence-corrected chi connectivity index (χ3v) is 13.1. The summed E-state index contributed by atoms with van der Waals surface area (Å²) in [5.74, 6) is 0. The molecular weight excluding hydrogens is 755 g/mol. The van der Waals surface area contributed by atoms with Gasteiger partial charge in [0.15, 0.2) is 0 Å². The molecule has 1 aliphatic carbocycles. The second-order valence-electron chi connectivity index (χ2n) is 16.4. The van der Waals surface area contributed by atoms with E-state index < -0.39 is 5.41 Å². The van der Waals surface area contributed by atoms with Crippen molar-refractivity contribution in [2.75, 3.05) is 4.90 Å². The Labute approximate surface area is 358 Å². The third-order valence-electron chi connectivity index (χ3n) is 13.1. The van der Waals surface area contributed by atoms with Crippen LogP contribution < -0.4 is 4.90 Å². The highest BCUT2D eigenvalue weighted by molar-refractivity contribution is 6.14. The second kappa shape index (κ2) is 13.4. The van der Waals surface area contributed by atoms with Crippen molar-refractivity contribution < 1.29 is 8.83 Å². The van der Waals surface area contributed by atoms with Crippen LogP contribution in [0.15, 0.2) is 233 Å². The summed E-state index contributed by atoms with van der Waals surface area (Å²) < 4.78 is 12.8. The van der Waals surface area contributed by atoms with Gasteiger partial charge in [0, 0.05) is 44.7 Å². The standard InChI is InChI=1S/C59H37NO2/c1-2-15-42(16-3-1)59(51-21-10-24-54-57(51)58-52(59)22-11-25-55(58)62-54)43-17-8-14-41(36-43)38-26-30-44(31-27-38)60(46-34-35-50-49-19-6-7-23-53(49)61-56(50)37-46)45-32-28-40(29-33-45)48-20-9-13-39-12-4-5-18-47(39)48/h1-37H. The first-order valence-electron chi connectivity index (χ1n) is 21.2. The van der Waals surface area contributed by atoms with Gasteiger partial charge in [0.25, 0.3) is 0 Å². The molecule has 3 nitrogen and oxygen atoms in total. The summed E-state index contributed by atoms with van der Waals surface area (Å²) in [6, 6.07) is 81.0. The predicted octanol–water partition coefficient (Wildman–Crippen LogP) is 16.1. The summed E-state index contributed by atoms with van der Waals surface area (Å²) in [6.07, 6.45) is 0. The van der Waals surface area contributed by atoms with Gasteiger partial charge in [-0.05, 0) is 116 Å². The van der Waals surface area contributed by atoms with Crippen molar-refractivity contribution in [3.63, 3.8) is 0 Å². The first-order valence-corrected chi connectivity index (χ1v) is 21.2. The lowest BCUT2D eigenvalue weighted by Gasteiger charge is -2.34. The summed E-state index contributed by atoms with van der Waals surface area (Å²) in [6.45, 7) is 0. The Morgan fingerprint density at radius 1 is 0.323 bits per heavy atom. The maximum Gasteiger partial charge on any atom is 0.137 e. The number of fused-ring (bicyclic) bond motifs is 4. The minimum absolute atomic E-state index is 0.498. The molecule has 2 heterocycles. The van der Waals surface area contributed by atoms with Crippen LogP contribution in [0, 0.1) is 0 Å². The number of hydrogen-bond acceptors (Lipinski definition) is 3. The Kier molecular flexibility index (Phi) is 7.52. The average Bonchev–Trinajstić information content (AvgIpc) is 4.01. The highest BCUT2D eigenvalue weighted by atomic mass is 16.3. The predicted molar refractivity (Wildman–Crippen MR) is 256 cm³/mol. The molecule has 1 aliphatic rings. The highest BCUT2D eigenvalue weighted by Gasteiger charge is 2.46. The molecular formula is C59H37NO2. The van der Waals surface area contributed by atoms with Gasteiger partial charge < -0.3 is 13.7 Å². The number of nitrogens with zero attached hydrogens (tertiary/aromatic N) is 1. The molecule has 0 fully saturated rings. The molecule has 13 rings (SSSR count). The molecule has 0 bridgehead atoms. The second-order valence-corrected chi connectivity index (χ2v) is 16.4. The zero-order chi connectivity index (χ0) is 40.8. The van der Waals surface area contributed by atoms with Crippen molar-refractivity contribution >= 4 is 71.7 Å². The van der Waals surface area contributed by atoms with Gasteiger partial charge >= 0.3 is 0 Å². The van der Waals surface area contributed by atoms with E-state index >= 15 is 0 Å². The summed E-state index contributed by atoms with van der Waals surface area (Å²) in [7, 11) is 0. The van der Waals surface area contributed by atoms with Crippen LogP contribution in [0.4, 0.5) is 17.1 Å². The van der Waals surface area contributed by atoms with Crippen molar-refractivity contribution in [3.8, 4) is 22.3 Å². The van der Waals surface area contributed by atoms with Crippen LogP contribution in [-0.4, -0.2) is 0 Å². The normalized spacial score (nSPS) is 13.0. The molecule has 62 heavy (non-hydrogen) atoms. The van der Waals surface area contributed by atoms with Gasteiger partial charge in [0.2, 0.25) is 0 Å². The molecule has 290 valence electrons. The monoisotopic (exact) mass is 791 g/mol. The molecule has 2 aromatic heterocycles. The van der Waals surface area contributed by atoms with Crippen LogP contribution in [0.3, 0.4) is 0 Å². The first-order chi connectivity index (χ1) is 30.7. The highest BCUT2D eigenvalue weighted by Crippen LogP contribution is 2.57. The fourth-order valence-corrected chi connectivity index (χ4v) is 10.4. The SMILES string of the molecule is c1ccc(C2(c3cccc(-c4ccc(N(c5ccc(-c6cccc7ccccc67)cc5)c5ccc6c(c5)oc5ccccc56)cc4)c3)c3cccc4oc5cccc2c5c34)cc1. The lowest BCUT2D eigenvalue weighted by Crippen LogP contribution is -2.28. The summed E-state index contributed by atoms with van der Waals surface area (Å²) >= 11 is 0. The molecule has 0 N–H and O–H groups in total. The van der Waals surface area contributed by atoms with Crippen molar-refractivity contribution in [2.24, 2.45) is 0 Å². The molecule has 0 radical (unpaired) electrons. The molecule has 3 heteroatoms. The van der Waals surface area contributed by atoms with E-state index in [1.807, 2.05) is 12.1 Å². The lowest BCUT2D eigenvalue weighted by molar-refractivity contribution is 0.663. The lowest BCUT2D eigenvalue weighted by atomic mass is 9.67. The van der Waals surface area contributed by atoms with Gasteiger partial charge in [0.1, 0.15) is 22.3 Å². The van der Waals surface area contributed by atoms with Crippen molar-refractivity contribution in [2.45, 2.75) is 5.41 Å². The van der Waals surface area contributed by atoms with Gasteiger partial charge in [-0.1, -0.05) is 158 Å². The van der Waals surface area contributed by atoms with Gasteiger partial charge in [-0.3, -0.25) is 0 Å². The Morgan fingerprint density at radius 3 is 1.63 bits per heavy atom. The molecule has 0 saturated heterocycles. The van der Waals surface area contributed by atoms with Crippen molar-refractivity contribution in [1.29, 1.82) is 0 Å². The molecule has 10 aromatic carbocycles. The fraction of sp³-hybridized carbons (Fsp3) is 0.0169. The third kappa shape index (κ3) is 5.06. The van der Waals surface area contributed by atoms with E-state index in [-0.39, 0.29) is 0 Å². The molecule has 12 aromatic rings. The average molecular weight is 792 g/mol. The molecule has 0 aliphatic heterocycles. The number of hydrogen-bond donors (Lipinski definition) is 0. The Hall–Kier alpha value is -8.14. The quantitative estimate of drug-likeness (QED) is 0.161. The molecule has 0 atom stereocenters. The van der Waals surface area contributed by atoms with E-state index in [0.29, 0.717) is 0 Å². The van der Waals surface area contributed by atoms with Crippen LogP contribution in [0.2, 0.25) is 0 Å². The van der Waals surface area contributed by atoms with Gasteiger partial charge in [-0.15, -0.1) is 0 Å². The minimum Gasteiger partial charge on any atom is -0.456 e. The van der Waals surface area contributed by atoms with Crippen molar-refractivity contribution in [1.82, 2.24) is 0 Å². The fourth-order valence-electron chi connectivity index (χ4n) is 10.4. The van der Waals surface area contributed by atoms with E-state index in [1.54, 1.807) is 0 Å². The Balaban J connectivity index is 0.929.